The number of fused-ring (bicyclic) bond motifs is 1. The molecule has 1 atom stereocenters. The van der Waals surface area contributed by atoms with Gasteiger partial charge in [0.05, 0.1) is 0 Å². The molecular formula is C19H22BrN. The zero-order valence-corrected chi connectivity index (χ0v) is 14.1. The Bertz CT molecular complexity index is 621. The highest BCUT2D eigenvalue weighted by Crippen LogP contribution is 2.25. The standard InChI is InChI=1S/C19H22BrN/c1-14(21-13-18-8-4-5-9-19(18)20)16-11-10-15-6-2-3-7-17(15)12-16/h4-5,8-12,14,21H,2-3,6-7,13H2,1H3. The molecule has 110 valence electrons. The Morgan fingerprint density at radius 1 is 1.05 bits per heavy atom. The lowest BCUT2D eigenvalue weighted by atomic mass is 9.89. The summed E-state index contributed by atoms with van der Waals surface area (Å²) < 4.78 is 1.18. The first-order chi connectivity index (χ1) is 10.2. The second-order valence-electron chi connectivity index (χ2n) is 5.93. The van der Waals surface area contributed by atoms with Gasteiger partial charge in [-0.2, -0.15) is 0 Å². The molecule has 0 amide bonds. The van der Waals surface area contributed by atoms with E-state index in [1.165, 1.54) is 41.3 Å². The van der Waals surface area contributed by atoms with Crippen molar-refractivity contribution in [1.82, 2.24) is 5.32 Å². The third-order valence-electron chi connectivity index (χ3n) is 4.43. The molecule has 1 aliphatic rings. The summed E-state index contributed by atoms with van der Waals surface area (Å²) in [6, 6.07) is 15.8. The fourth-order valence-electron chi connectivity index (χ4n) is 3.05. The van der Waals surface area contributed by atoms with Crippen molar-refractivity contribution in [3.05, 3.63) is 69.2 Å². The molecule has 2 aromatic rings. The van der Waals surface area contributed by atoms with Crippen molar-refractivity contribution < 1.29 is 0 Å². The van der Waals surface area contributed by atoms with Crippen LogP contribution in [0, 0.1) is 0 Å². The predicted octanol–water partition coefficient (Wildman–Crippen LogP) is 5.18. The molecule has 1 aliphatic carbocycles. The van der Waals surface area contributed by atoms with Crippen LogP contribution in [0.5, 0.6) is 0 Å². The van der Waals surface area contributed by atoms with Crippen LogP contribution in [0.1, 0.15) is 48.1 Å². The molecule has 0 heterocycles. The number of halogens is 1. The van der Waals surface area contributed by atoms with Gasteiger partial charge in [0.2, 0.25) is 0 Å². The zero-order chi connectivity index (χ0) is 14.7. The van der Waals surface area contributed by atoms with Crippen LogP contribution in [0.3, 0.4) is 0 Å². The highest BCUT2D eigenvalue weighted by molar-refractivity contribution is 9.10. The first-order valence-electron chi connectivity index (χ1n) is 7.82. The quantitative estimate of drug-likeness (QED) is 0.806. The van der Waals surface area contributed by atoms with E-state index in [0.717, 1.165) is 6.54 Å². The monoisotopic (exact) mass is 343 g/mol. The van der Waals surface area contributed by atoms with Gasteiger partial charge in [-0.3, -0.25) is 0 Å². The number of nitrogens with one attached hydrogen (secondary N) is 1. The summed E-state index contributed by atoms with van der Waals surface area (Å²) in [5.74, 6) is 0. The van der Waals surface area contributed by atoms with Crippen LogP contribution in [0.4, 0.5) is 0 Å². The van der Waals surface area contributed by atoms with Gasteiger partial charge in [-0.1, -0.05) is 52.3 Å². The molecule has 1 N–H and O–H groups in total. The van der Waals surface area contributed by atoms with Gasteiger partial charge in [0.15, 0.2) is 0 Å². The summed E-state index contributed by atoms with van der Waals surface area (Å²) in [5, 5.41) is 3.63. The summed E-state index contributed by atoms with van der Waals surface area (Å²) in [6.07, 6.45) is 5.20. The largest absolute Gasteiger partial charge is 0.306 e. The topological polar surface area (TPSA) is 12.0 Å². The minimum Gasteiger partial charge on any atom is -0.306 e. The van der Waals surface area contributed by atoms with Crippen molar-refractivity contribution in [3.63, 3.8) is 0 Å². The number of hydrogen-bond acceptors (Lipinski definition) is 1. The molecule has 0 aromatic heterocycles. The molecule has 0 fully saturated rings. The van der Waals surface area contributed by atoms with Gasteiger partial charge < -0.3 is 5.32 Å². The van der Waals surface area contributed by atoms with Gasteiger partial charge in [-0.05, 0) is 60.9 Å². The van der Waals surface area contributed by atoms with E-state index >= 15 is 0 Å². The van der Waals surface area contributed by atoms with E-state index < -0.39 is 0 Å². The molecule has 0 saturated carbocycles. The molecule has 2 aromatic carbocycles. The van der Waals surface area contributed by atoms with Crippen molar-refractivity contribution >= 4 is 15.9 Å². The van der Waals surface area contributed by atoms with Crippen molar-refractivity contribution in [2.45, 2.75) is 45.2 Å². The molecule has 1 unspecified atom stereocenters. The molecule has 0 bridgehead atoms. The van der Waals surface area contributed by atoms with Crippen LogP contribution in [-0.2, 0) is 19.4 Å². The smallest absolute Gasteiger partial charge is 0.0295 e. The molecule has 1 nitrogen and oxygen atoms in total. The fourth-order valence-corrected chi connectivity index (χ4v) is 3.47. The molecule has 0 radical (unpaired) electrons. The summed E-state index contributed by atoms with van der Waals surface area (Å²) in [7, 11) is 0. The third kappa shape index (κ3) is 3.56. The van der Waals surface area contributed by atoms with Crippen LogP contribution in [0.25, 0.3) is 0 Å². The fraction of sp³-hybridized carbons (Fsp3) is 0.368. The first kappa shape index (κ1) is 14.8. The number of hydrogen-bond donors (Lipinski definition) is 1. The lowest BCUT2D eigenvalue weighted by molar-refractivity contribution is 0.571. The Hall–Kier alpha value is -1.12. The van der Waals surface area contributed by atoms with Gasteiger partial charge in [0.25, 0.3) is 0 Å². The molecular weight excluding hydrogens is 322 g/mol. The minimum absolute atomic E-state index is 0.379. The third-order valence-corrected chi connectivity index (χ3v) is 5.20. The van der Waals surface area contributed by atoms with Crippen molar-refractivity contribution in [1.29, 1.82) is 0 Å². The van der Waals surface area contributed by atoms with E-state index in [1.807, 2.05) is 0 Å². The van der Waals surface area contributed by atoms with Crippen molar-refractivity contribution in [3.8, 4) is 0 Å². The van der Waals surface area contributed by atoms with Gasteiger partial charge in [0.1, 0.15) is 0 Å². The summed E-state index contributed by atoms with van der Waals surface area (Å²) in [4.78, 5) is 0. The van der Waals surface area contributed by atoms with Crippen LogP contribution in [0.2, 0.25) is 0 Å². The molecule has 3 rings (SSSR count). The van der Waals surface area contributed by atoms with E-state index in [0.29, 0.717) is 6.04 Å². The Morgan fingerprint density at radius 2 is 1.81 bits per heavy atom. The van der Waals surface area contributed by atoms with E-state index in [-0.39, 0.29) is 0 Å². The lowest BCUT2D eigenvalue weighted by Gasteiger charge is -2.20. The maximum absolute atomic E-state index is 3.63. The van der Waals surface area contributed by atoms with Crippen LogP contribution in [-0.4, -0.2) is 0 Å². The Morgan fingerprint density at radius 3 is 2.62 bits per heavy atom. The Balaban J connectivity index is 1.68. The SMILES string of the molecule is CC(NCc1ccccc1Br)c1ccc2c(c1)CCCC2. The van der Waals surface area contributed by atoms with Gasteiger partial charge in [-0.15, -0.1) is 0 Å². The number of benzene rings is 2. The van der Waals surface area contributed by atoms with E-state index in [4.69, 9.17) is 0 Å². The maximum Gasteiger partial charge on any atom is 0.0295 e. The molecule has 0 spiro atoms. The van der Waals surface area contributed by atoms with Crippen molar-refractivity contribution in [2.75, 3.05) is 0 Å². The summed E-state index contributed by atoms with van der Waals surface area (Å²) >= 11 is 3.61. The molecule has 0 aliphatic heterocycles. The maximum atomic E-state index is 3.63. The zero-order valence-electron chi connectivity index (χ0n) is 12.5. The second kappa shape index (κ2) is 6.76. The highest BCUT2D eigenvalue weighted by atomic mass is 79.9. The van der Waals surface area contributed by atoms with Crippen LogP contribution >= 0.6 is 15.9 Å². The van der Waals surface area contributed by atoms with Crippen LogP contribution in [0.15, 0.2) is 46.9 Å². The predicted molar refractivity (Wildman–Crippen MR) is 92.5 cm³/mol. The Kier molecular flexibility index (Phi) is 4.77. The average molecular weight is 344 g/mol. The van der Waals surface area contributed by atoms with Gasteiger partial charge >= 0.3 is 0 Å². The summed E-state index contributed by atoms with van der Waals surface area (Å²) in [6.45, 7) is 3.14. The first-order valence-corrected chi connectivity index (χ1v) is 8.62. The van der Waals surface area contributed by atoms with E-state index in [9.17, 15) is 0 Å². The second-order valence-corrected chi connectivity index (χ2v) is 6.78. The highest BCUT2D eigenvalue weighted by Gasteiger charge is 2.12. The normalized spacial score (nSPS) is 15.5. The van der Waals surface area contributed by atoms with Gasteiger partial charge in [-0.25, -0.2) is 0 Å². The number of aryl methyl sites for hydroxylation is 2. The van der Waals surface area contributed by atoms with Crippen molar-refractivity contribution in [2.24, 2.45) is 0 Å². The summed E-state index contributed by atoms with van der Waals surface area (Å²) in [5.41, 5.74) is 5.83. The average Bonchev–Trinajstić information content (AvgIpc) is 2.53. The lowest BCUT2D eigenvalue weighted by Crippen LogP contribution is -2.19. The molecule has 21 heavy (non-hydrogen) atoms. The van der Waals surface area contributed by atoms with E-state index in [2.05, 4.69) is 70.6 Å². The van der Waals surface area contributed by atoms with Gasteiger partial charge in [0, 0.05) is 17.1 Å². The Labute approximate surface area is 135 Å². The minimum atomic E-state index is 0.379. The molecule has 2 heteroatoms. The number of rotatable bonds is 4. The molecule has 0 saturated heterocycles. The van der Waals surface area contributed by atoms with E-state index in [1.54, 1.807) is 11.1 Å². The van der Waals surface area contributed by atoms with Crippen LogP contribution < -0.4 is 5.32 Å².